The number of hydrogen-bond donors (Lipinski definition) is 2. The summed E-state index contributed by atoms with van der Waals surface area (Å²) in [5, 5.41) is 7.20. The van der Waals surface area contributed by atoms with Crippen LogP contribution in [-0.2, 0) is 4.74 Å². The van der Waals surface area contributed by atoms with Crippen molar-refractivity contribution in [3.8, 4) is 0 Å². The predicted octanol–water partition coefficient (Wildman–Crippen LogP) is -0.00933. The lowest BCUT2D eigenvalue weighted by molar-refractivity contribution is 0.0601. The van der Waals surface area contributed by atoms with Crippen LogP contribution in [0.5, 0.6) is 0 Å². The second-order valence-electron chi connectivity index (χ2n) is 2.84. The van der Waals surface area contributed by atoms with Crippen LogP contribution >= 0.6 is 0 Å². The van der Waals surface area contributed by atoms with Gasteiger partial charge < -0.3 is 15.4 Å². The van der Waals surface area contributed by atoms with Crippen molar-refractivity contribution < 1.29 is 4.74 Å². The third kappa shape index (κ3) is 2.08. The van der Waals surface area contributed by atoms with Crippen molar-refractivity contribution in [1.29, 1.82) is 5.41 Å². The first kappa shape index (κ1) is 8.33. The molecule has 4 nitrogen and oxygen atoms in total. The van der Waals surface area contributed by atoms with Crippen molar-refractivity contribution >= 4 is 5.96 Å². The first-order valence-electron chi connectivity index (χ1n) is 3.86. The molecule has 3 N–H and O–H groups in total. The van der Waals surface area contributed by atoms with Gasteiger partial charge in [-0.1, -0.05) is 0 Å². The minimum absolute atomic E-state index is 0.150. The van der Waals surface area contributed by atoms with Crippen molar-refractivity contribution in [2.75, 3.05) is 20.3 Å². The van der Waals surface area contributed by atoms with Crippen LogP contribution in [0.1, 0.15) is 12.8 Å². The van der Waals surface area contributed by atoms with E-state index in [1.807, 2.05) is 11.9 Å². The van der Waals surface area contributed by atoms with Crippen LogP contribution in [-0.4, -0.2) is 37.2 Å². The fourth-order valence-corrected chi connectivity index (χ4v) is 1.27. The number of nitrogens with one attached hydrogen (secondary N) is 1. The number of nitrogens with zero attached hydrogens (tertiary/aromatic N) is 1. The second-order valence-corrected chi connectivity index (χ2v) is 2.84. The van der Waals surface area contributed by atoms with Crippen molar-refractivity contribution in [2.45, 2.75) is 18.9 Å². The van der Waals surface area contributed by atoms with Gasteiger partial charge in [-0.3, -0.25) is 5.41 Å². The van der Waals surface area contributed by atoms with E-state index < -0.39 is 0 Å². The molecular formula is C7H15N3O. The minimum atomic E-state index is 0.150. The van der Waals surface area contributed by atoms with E-state index in [2.05, 4.69) is 0 Å². The van der Waals surface area contributed by atoms with Gasteiger partial charge in [0.2, 0.25) is 0 Å². The average molecular weight is 157 g/mol. The standard InChI is InChI=1S/C7H15N3O/c1-10(7(8)9)6-2-4-11-5-3-6/h6H,2-5H2,1H3,(H3,8,9). The fourth-order valence-electron chi connectivity index (χ4n) is 1.27. The summed E-state index contributed by atoms with van der Waals surface area (Å²) < 4.78 is 5.19. The molecule has 0 aromatic heterocycles. The summed E-state index contributed by atoms with van der Waals surface area (Å²) in [4.78, 5) is 1.81. The molecule has 1 saturated heterocycles. The summed E-state index contributed by atoms with van der Waals surface area (Å²) in [6, 6.07) is 0.404. The van der Waals surface area contributed by atoms with Crippen LogP contribution < -0.4 is 5.73 Å². The van der Waals surface area contributed by atoms with Gasteiger partial charge in [0, 0.05) is 26.3 Å². The van der Waals surface area contributed by atoms with Gasteiger partial charge in [0.1, 0.15) is 0 Å². The monoisotopic (exact) mass is 157 g/mol. The average Bonchev–Trinajstić information content (AvgIpc) is 2.05. The zero-order valence-corrected chi connectivity index (χ0v) is 6.84. The zero-order chi connectivity index (χ0) is 8.27. The van der Waals surface area contributed by atoms with Gasteiger partial charge in [0.15, 0.2) is 5.96 Å². The van der Waals surface area contributed by atoms with Crippen LogP contribution in [0, 0.1) is 5.41 Å². The Hall–Kier alpha value is -0.770. The van der Waals surface area contributed by atoms with E-state index in [4.69, 9.17) is 15.9 Å². The van der Waals surface area contributed by atoms with Gasteiger partial charge in [-0.15, -0.1) is 0 Å². The lowest BCUT2D eigenvalue weighted by atomic mass is 10.1. The topological polar surface area (TPSA) is 62.3 Å². The normalized spacial score (nSPS) is 19.7. The molecule has 1 aliphatic heterocycles. The Balaban J connectivity index is 2.38. The molecule has 0 spiro atoms. The molecule has 1 rings (SSSR count). The highest BCUT2D eigenvalue weighted by Gasteiger charge is 2.18. The molecule has 0 unspecified atom stereocenters. The number of ether oxygens (including phenoxy) is 1. The number of rotatable bonds is 1. The van der Waals surface area contributed by atoms with Crippen LogP contribution in [0.3, 0.4) is 0 Å². The third-order valence-electron chi connectivity index (χ3n) is 2.12. The fraction of sp³-hybridized carbons (Fsp3) is 0.857. The third-order valence-corrected chi connectivity index (χ3v) is 2.12. The summed E-state index contributed by atoms with van der Waals surface area (Å²) in [5.74, 6) is 0.150. The molecule has 1 heterocycles. The molecular weight excluding hydrogens is 142 g/mol. The maximum atomic E-state index is 7.20. The van der Waals surface area contributed by atoms with Crippen molar-refractivity contribution in [3.05, 3.63) is 0 Å². The van der Waals surface area contributed by atoms with Crippen LogP contribution in [0.2, 0.25) is 0 Å². The molecule has 0 aliphatic carbocycles. The van der Waals surface area contributed by atoms with Crippen LogP contribution in [0.25, 0.3) is 0 Å². The summed E-state index contributed by atoms with van der Waals surface area (Å²) in [7, 11) is 1.86. The molecule has 4 heteroatoms. The molecule has 0 bridgehead atoms. The van der Waals surface area contributed by atoms with Gasteiger partial charge in [0.05, 0.1) is 0 Å². The van der Waals surface area contributed by atoms with E-state index in [0.717, 1.165) is 26.1 Å². The Morgan fingerprint density at radius 3 is 2.55 bits per heavy atom. The Morgan fingerprint density at radius 2 is 2.09 bits per heavy atom. The Kier molecular flexibility index (Phi) is 2.70. The van der Waals surface area contributed by atoms with E-state index in [0.29, 0.717) is 6.04 Å². The van der Waals surface area contributed by atoms with E-state index in [1.165, 1.54) is 0 Å². The lowest BCUT2D eigenvalue weighted by Gasteiger charge is -2.31. The first-order valence-corrected chi connectivity index (χ1v) is 3.86. The highest BCUT2D eigenvalue weighted by Crippen LogP contribution is 2.11. The number of hydrogen-bond acceptors (Lipinski definition) is 2. The number of guanidine groups is 1. The lowest BCUT2D eigenvalue weighted by Crippen LogP contribution is -2.43. The van der Waals surface area contributed by atoms with Crippen molar-refractivity contribution in [1.82, 2.24) is 4.90 Å². The minimum Gasteiger partial charge on any atom is -0.381 e. The largest absolute Gasteiger partial charge is 0.381 e. The molecule has 64 valence electrons. The first-order chi connectivity index (χ1) is 5.22. The van der Waals surface area contributed by atoms with E-state index in [-0.39, 0.29) is 5.96 Å². The maximum absolute atomic E-state index is 7.20. The highest BCUT2D eigenvalue weighted by molar-refractivity contribution is 5.74. The van der Waals surface area contributed by atoms with E-state index in [1.54, 1.807) is 0 Å². The molecule has 0 aromatic carbocycles. The Morgan fingerprint density at radius 1 is 1.55 bits per heavy atom. The molecule has 1 fully saturated rings. The van der Waals surface area contributed by atoms with Gasteiger partial charge in [-0.25, -0.2) is 0 Å². The van der Waals surface area contributed by atoms with Gasteiger partial charge in [-0.2, -0.15) is 0 Å². The SMILES string of the molecule is CN(C(=N)N)C1CCOCC1. The molecule has 0 aromatic rings. The predicted molar refractivity (Wildman–Crippen MR) is 43.5 cm³/mol. The highest BCUT2D eigenvalue weighted by atomic mass is 16.5. The molecule has 0 saturated carbocycles. The van der Waals surface area contributed by atoms with Gasteiger partial charge >= 0.3 is 0 Å². The van der Waals surface area contributed by atoms with Crippen molar-refractivity contribution in [2.24, 2.45) is 5.73 Å². The second kappa shape index (κ2) is 3.57. The van der Waals surface area contributed by atoms with Gasteiger partial charge in [0.25, 0.3) is 0 Å². The maximum Gasteiger partial charge on any atom is 0.188 e. The van der Waals surface area contributed by atoms with E-state index in [9.17, 15) is 0 Å². The summed E-state index contributed by atoms with van der Waals surface area (Å²) >= 11 is 0. The quantitative estimate of drug-likeness (QED) is 0.415. The summed E-state index contributed by atoms with van der Waals surface area (Å²) in [6.07, 6.45) is 1.96. The number of nitrogens with two attached hydrogens (primary N) is 1. The van der Waals surface area contributed by atoms with Crippen LogP contribution in [0.4, 0.5) is 0 Å². The Bertz CT molecular complexity index is 143. The smallest absolute Gasteiger partial charge is 0.188 e. The van der Waals surface area contributed by atoms with E-state index >= 15 is 0 Å². The Labute approximate surface area is 66.8 Å². The molecule has 1 aliphatic rings. The zero-order valence-electron chi connectivity index (χ0n) is 6.84. The summed E-state index contributed by atoms with van der Waals surface area (Å²) in [6.45, 7) is 1.59. The summed E-state index contributed by atoms with van der Waals surface area (Å²) in [5.41, 5.74) is 5.34. The van der Waals surface area contributed by atoms with Gasteiger partial charge in [-0.05, 0) is 12.8 Å². The van der Waals surface area contributed by atoms with Crippen molar-refractivity contribution in [3.63, 3.8) is 0 Å². The molecule has 0 amide bonds. The van der Waals surface area contributed by atoms with Crippen LogP contribution in [0.15, 0.2) is 0 Å². The molecule has 0 radical (unpaired) electrons. The molecule has 0 atom stereocenters. The molecule has 11 heavy (non-hydrogen) atoms.